The molecule has 1 N–H and O–H groups in total. The van der Waals surface area contributed by atoms with E-state index in [1.165, 1.54) is 37.5 Å². The van der Waals surface area contributed by atoms with E-state index >= 15 is 0 Å². The average molecular weight is 399 g/mol. The Bertz CT molecular complexity index is 1040. The first-order chi connectivity index (χ1) is 13.5. The SMILES string of the molecule is COc1ccc(NC(=O)C=Cc2ccc(-c3ccc(Cl)cc3)o2)c([N+](=O)[O-])c1. The summed E-state index contributed by atoms with van der Waals surface area (Å²) >= 11 is 5.87. The molecule has 2 aromatic carbocycles. The van der Waals surface area contributed by atoms with Crippen molar-refractivity contribution in [1.82, 2.24) is 0 Å². The first-order valence-electron chi connectivity index (χ1n) is 8.13. The van der Waals surface area contributed by atoms with E-state index < -0.39 is 10.8 Å². The zero-order valence-corrected chi connectivity index (χ0v) is 15.5. The van der Waals surface area contributed by atoms with Crippen LogP contribution in [0.5, 0.6) is 5.75 Å². The first-order valence-corrected chi connectivity index (χ1v) is 8.51. The van der Waals surface area contributed by atoms with E-state index in [4.69, 9.17) is 20.8 Å². The summed E-state index contributed by atoms with van der Waals surface area (Å²) in [4.78, 5) is 22.7. The van der Waals surface area contributed by atoms with Crippen molar-refractivity contribution in [2.45, 2.75) is 0 Å². The molecule has 0 aliphatic heterocycles. The smallest absolute Gasteiger partial charge is 0.296 e. The van der Waals surface area contributed by atoms with Gasteiger partial charge in [0.05, 0.1) is 18.1 Å². The molecule has 8 heteroatoms. The van der Waals surface area contributed by atoms with Crippen LogP contribution in [0.1, 0.15) is 5.76 Å². The number of hydrogen-bond acceptors (Lipinski definition) is 5. The zero-order chi connectivity index (χ0) is 20.1. The maximum atomic E-state index is 12.1. The number of halogens is 1. The summed E-state index contributed by atoms with van der Waals surface area (Å²) in [7, 11) is 1.40. The molecule has 0 saturated heterocycles. The van der Waals surface area contributed by atoms with E-state index in [1.54, 1.807) is 24.3 Å². The number of methoxy groups -OCH3 is 1. The minimum atomic E-state index is -0.591. The van der Waals surface area contributed by atoms with E-state index in [-0.39, 0.29) is 11.4 Å². The number of amides is 1. The number of furan rings is 1. The summed E-state index contributed by atoms with van der Waals surface area (Å²) in [5.74, 6) is 0.884. The zero-order valence-electron chi connectivity index (χ0n) is 14.7. The standard InChI is InChI=1S/C20H15ClN2O5/c1-27-16-6-9-17(18(12-16)23(25)26)22-20(24)11-8-15-7-10-19(28-15)13-2-4-14(21)5-3-13/h2-12H,1H3,(H,22,24). The average Bonchev–Trinajstić information content (AvgIpc) is 3.16. The second-order valence-corrected chi connectivity index (χ2v) is 6.11. The van der Waals surface area contributed by atoms with Crippen molar-refractivity contribution >= 4 is 35.0 Å². The number of ether oxygens (including phenoxy) is 1. The summed E-state index contributed by atoms with van der Waals surface area (Å²) in [5.41, 5.74) is 0.660. The molecule has 7 nitrogen and oxygen atoms in total. The van der Waals surface area contributed by atoms with E-state index in [0.717, 1.165) is 5.56 Å². The molecule has 0 aliphatic carbocycles. The number of nitrogens with zero attached hydrogens (tertiary/aromatic N) is 1. The van der Waals surface area contributed by atoms with Crippen LogP contribution in [-0.2, 0) is 4.79 Å². The molecule has 142 valence electrons. The van der Waals surface area contributed by atoms with Crippen molar-refractivity contribution in [1.29, 1.82) is 0 Å². The Labute approximate surface area is 165 Å². The largest absolute Gasteiger partial charge is 0.496 e. The quantitative estimate of drug-likeness (QED) is 0.351. The van der Waals surface area contributed by atoms with Gasteiger partial charge < -0.3 is 14.5 Å². The van der Waals surface area contributed by atoms with Gasteiger partial charge in [-0.3, -0.25) is 14.9 Å². The summed E-state index contributed by atoms with van der Waals surface area (Å²) in [6.45, 7) is 0. The monoisotopic (exact) mass is 398 g/mol. The second kappa shape index (κ2) is 8.41. The Morgan fingerprint density at radius 1 is 1.18 bits per heavy atom. The summed E-state index contributed by atoms with van der Waals surface area (Å²) in [5, 5.41) is 14.3. The van der Waals surface area contributed by atoms with Gasteiger partial charge in [-0.1, -0.05) is 11.6 Å². The number of nitrogens with one attached hydrogen (secondary N) is 1. The lowest BCUT2D eigenvalue weighted by molar-refractivity contribution is -0.384. The molecule has 0 aliphatic rings. The maximum absolute atomic E-state index is 12.1. The van der Waals surface area contributed by atoms with Gasteiger partial charge in [-0.25, -0.2) is 0 Å². The molecular formula is C20H15ClN2O5. The Balaban J connectivity index is 1.71. The molecule has 0 saturated carbocycles. The van der Waals surface area contributed by atoms with Crippen molar-refractivity contribution in [2.24, 2.45) is 0 Å². The van der Waals surface area contributed by atoms with Crippen LogP contribution in [0.3, 0.4) is 0 Å². The minimum Gasteiger partial charge on any atom is -0.496 e. The van der Waals surface area contributed by atoms with Crippen molar-refractivity contribution < 1.29 is 18.9 Å². The number of hydrogen-bond donors (Lipinski definition) is 1. The lowest BCUT2D eigenvalue weighted by Crippen LogP contribution is -2.09. The lowest BCUT2D eigenvalue weighted by Gasteiger charge is -2.05. The normalized spacial score (nSPS) is 10.8. The number of benzene rings is 2. The second-order valence-electron chi connectivity index (χ2n) is 5.67. The van der Waals surface area contributed by atoms with Gasteiger partial charge in [0.25, 0.3) is 5.69 Å². The fraction of sp³-hybridized carbons (Fsp3) is 0.0500. The van der Waals surface area contributed by atoms with Gasteiger partial charge in [0.15, 0.2) is 0 Å². The molecule has 0 bridgehead atoms. The number of carbonyl (C=O) groups is 1. The van der Waals surface area contributed by atoms with Gasteiger partial charge in [0, 0.05) is 16.7 Å². The van der Waals surface area contributed by atoms with Crippen LogP contribution in [0, 0.1) is 10.1 Å². The lowest BCUT2D eigenvalue weighted by atomic mass is 10.2. The maximum Gasteiger partial charge on any atom is 0.296 e. The van der Waals surface area contributed by atoms with Crippen molar-refractivity contribution in [3.05, 3.63) is 81.6 Å². The number of nitro groups is 1. The summed E-state index contributed by atoms with van der Waals surface area (Å²) < 4.78 is 10.6. The highest BCUT2D eigenvalue weighted by molar-refractivity contribution is 6.30. The molecule has 28 heavy (non-hydrogen) atoms. The Morgan fingerprint density at radius 3 is 2.61 bits per heavy atom. The van der Waals surface area contributed by atoms with Crippen LogP contribution in [-0.4, -0.2) is 17.9 Å². The summed E-state index contributed by atoms with van der Waals surface area (Å²) in [6, 6.07) is 14.8. The van der Waals surface area contributed by atoms with Gasteiger partial charge in [0.2, 0.25) is 5.91 Å². The fourth-order valence-corrected chi connectivity index (χ4v) is 2.57. The first kappa shape index (κ1) is 19.2. The predicted octanol–water partition coefficient (Wildman–Crippen LogP) is 5.17. The van der Waals surface area contributed by atoms with E-state index in [1.807, 2.05) is 12.1 Å². The molecule has 1 heterocycles. The predicted molar refractivity (Wildman–Crippen MR) is 106 cm³/mol. The molecule has 0 spiro atoms. The van der Waals surface area contributed by atoms with Crippen LogP contribution < -0.4 is 10.1 Å². The van der Waals surface area contributed by atoms with Crippen molar-refractivity contribution in [3.63, 3.8) is 0 Å². The molecular weight excluding hydrogens is 384 g/mol. The Morgan fingerprint density at radius 2 is 1.93 bits per heavy atom. The fourth-order valence-electron chi connectivity index (χ4n) is 2.44. The summed E-state index contributed by atoms with van der Waals surface area (Å²) in [6.07, 6.45) is 2.71. The third-order valence-electron chi connectivity index (χ3n) is 3.81. The highest BCUT2D eigenvalue weighted by Crippen LogP contribution is 2.29. The molecule has 1 amide bonds. The Kier molecular flexibility index (Phi) is 5.76. The topological polar surface area (TPSA) is 94.6 Å². The van der Waals surface area contributed by atoms with Gasteiger partial charge in [0.1, 0.15) is 23.0 Å². The third-order valence-corrected chi connectivity index (χ3v) is 4.07. The van der Waals surface area contributed by atoms with Crippen molar-refractivity contribution in [3.8, 4) is 17.1 Å². The molecule has 0 fully saturated rings. The highest BCUT2D eigenvalue weighted by atomic mass is 35.5. The van der Waals surface area contributed by atoms with Crippen molar-refractivity contribution in [2.75, 3.05) is 12.4 Å². The number of rotatable bonds is 6. The molecule has 0 radical (unpaired) electrons. The third kappa shape index (κ3) is 4.57. The molecule has 1 aromatic heterocycles. The number of carbonyl (C=O) groups excluding carboxylic acids is 1. The van der Waals surface area contributed by atoms with Crippen LogP contribution in [0.15, 0.2) is 65.1 Å². The van der Waals surface area contributed by atoms with Crippen LogP contribution in [0.25, 0.3) is 17.4 Å². The van der Waals surface area contributed by atoms with Crippen LogP contribution in [0.4, 0.5) is 11.4 Å². The van der Waals surface area contributed by atoms with Crippen LogP contribution in [0.2, 0.25) is 5.02 Å². The number of anilines is 1. The minimum absolute atomic E-state index is 0.0711. The Hall–Kier alpha value is -3.58. The van der Waals surface area contributed by atoms with Gasteiger partial charge in [-0.2, -0.15) is 0 Å². The van der Waals surface area contributed by atoms with Gasteiger partial charge in [-0.15, -0.1) is 0 Å². The van der Waals surface area contributed by atoms with Crippen LogP contribution >= 0.6 is 11.6 Å². The van der Waals surface area contributed by atoms with E-state index in [0.29, 0.717) is 22.3 Å². The highest BCUT2D eigenvalue weighted by Gasteiger charge is 2.16. The van der Waals surface area contributed by atoms with E-state index in [9.17, 15) is 14.9 Å². The van der Waals surface area contributed by atoms with E-state index in [2.05, 4.69) is 5.32 Å². The van der Waals surface area contributed by atoms with Gasteiger partial charge >= 0.3 is 0 Å². The molecule has 0 atom stereocenters. The number of nitro benzene ring substituents is 1. The molecule has 3 aromatic rings. The molecule has 3 rings (SSSR count). The van der Waals surface area contributed by atoms with Gasteiger partial charge in [-0.05, 0) is 54.6 Å². The molecule has 0 unspecified atom stereocenters.